The molecule has 1 amide bonds. The third kappa shape index (κ3) is 4.72. The molecule has 140 valence electrons. The van der Waals surface area contributed by atoms with E-state index >= 15 is 0 Å². The minimum atomic E-state index is -0.296. The minimum Gasteiger partial charge on any atom is -0.493 e. The number of aromatic nitrogens is 2. The number of nitrogens with one attached hydrogen (secondary N) is 1. The van der Waals surface area contributed by atoms with Crippen molar-refractivity contribution in [1.29, 1.82) is 0 Å². The van der Waals surface area contributed by atoms with E-state index in [4.69, 9.17) is 14.2 Å². The number of carbonyl (C=O) groups is 1. The quantitative estimate of drug-likeness (QED) is 0.776. The minimum absolute atomic E-state index is 0.104. The van der Waals surface area contributed by atoms with E-state index in [1.165, 1.54) is 24.5 Å². The average molecular weight is 377 g/mol. The molecule has 0 fully saturated rings. The maximum absolute atomic E-state index is 12.1. The van der Waals surface area contributed by atoms with Crippen LogP contribution in [0, 0.1) is 0 Å². The third-order valence-corrected chi connectivity index (χ3v) is 4.68. The molecule has 0 atom stereocenters. The molecule has 0 radical (unpaired) electrons. The summed E-state index contributed by atoms with van der Waals surface area (Å²) in [7, 11) is 4.62. The largest absolute Gasteiger partial charge is 0.493 e. The van der Waals surface area contributed by atoms with Crippen molar-refractivity contribution in [2.75, 3.05) is 26.6 Å². The molecular formula is C18H23N3O4S. The number of carbonyl (C=O) groups excluding carboxylic acids is 1. The molecule has 1 aromatic carbocycles. The van der Waals surface area contributed by atoms with Gasteiger partial charge in [0.05, 0.1) is 21.3 Å². The SMILES string of the molecule is COc1cc(C=CC(=O)Nc2nnc(C(C)(C)C)s2)cc(OC)c1OC. The topological polar surface area (TPSA) is 82.6 Å². The van der Waals surface area contributed by atoms with Gasteiger partial charge in [0.1, 0.15) is 5.01 Å². The van der Waals surface area contributed by atoms with Crippen LogP contribution in [0.15, 0.2) is 18.2 Å². The number of ether oxygens (including phenoxy) is 3. The van der Waals surface area contributed by atoms with E-state index in [9.17, 15) is 4.79 Å². The lowest BCUT2D eigenvalue weighted by Gasteiger charge is -2.12. The summed E-state index contributed by atoms with van der Waals surface area (Å²) < 4.78 is 15.9. The number of anilines is 1. The number of methoxy groups -OCH3 is 3. The molecule has 1 heterocycles. The second kappa shape index (κ2) is 8.18. The lowest BCUT2D eigenvalue weighted by molar-refractivity contribution is -0.111. The van der Waals surface area contributed by atoms with Crippen LogP contribution in [0.25, 0.3) is 6.08 Å². The number of hydrogen-bond acceptors (Lipinski definition) is 7. The van der Waals surface area contributed by atoms with E-state index in [0.29, 0.717) is 22.4 Å². The Balaban J connectivity index is 2.14. The van der Waals surface area contributed by atoms with E-state index in [2.05, 4.69) is 15.5 Å². The zero-order valence-electron chi connectivity index (χ0n) is 15.7. The van der Waals surface area contributed by atoms with Crippen molar-refractivity contribution in [3.05, 3.63) is 28.8 Å². The molecule has 7 nitrogen and oxygen atoms in total. The smallest absolute Gasteiger partial charge is 0.250 e. The van der Waals surface area contributed by atoms with Crippen LogP contribution in [-0.2, 0) is 10.2 Å². The Bertz CT molecular complexity index is 784. The Hall–Kier alpha value is -2.61. The number of hydrogen-bond donors (Lipinski definition) is 1. The number of nitrogens with zero attached hydrogens (tertiary/aromatic N) is 2. The van der Waals surface area contributed by atoms with E-state index in [-0.39, 0.29) is 11.3 Å². The fourth-order valence-corrected chi connectivity index (χ4v) is 2.90. The van der Waals surface area contributed by atoms with E-state index < -0.39 is 0 Å². The summed E-state index contributed by atoms with van der Waals surface area (Å²) in [6, 6.07) is 3.52. The van der Waals surface area contributed by atoms with Crippen LogP contribution < -0.4 is 19.5 Å². The van der Waals surface area contributed by atoms with Crippen LogP contribution in [0.2, 0.25) is 0 Å². The second-order valence-corrected chi connectivity index (χ2v) is 7.42. The third-order valence-electron chi connectivity index (χ3n) is 3.41. The first-order chi connectivity index (χ1) is 12.3. The predicted molar refractivity (Wildman–Crippen MR) is 102 cm³/mol. The monoisotopic (exact) mass is 377 g/mol. The summed E-state index contributed by atoms with van der Waals surface area (Å²) in [5, 5.41) is 12.2. The van der Waals surface area contributed by atoms with Gasteiger partial charge in [-0.05, 0) is 23.8 Å². The highest BCUT2D eigenvalue weighted by Crippen LogP contribution is 2.38. The van der Waals surface area contributed by atoms with Gasteiger partial charge in [0.15, 0.2) is 11.5 Å². The van der Waals surface area contributed by atoms with Gasteiger partial charge in [-0.1, -0.05) is 32.1 Å². The van der Waals surface area contributed by atoms with Gasteiger partial charge < -0.3 is 14.2 Å². The van der Waals surface area contributed by atoms with Crippen molar-refractivity contribution in [1.82, 2.24) is 10.2 Å². The fourth-order valence-electron chi connectivity index (χ4n) is 2.09. The molecule has 0 bridgehead atoms. The lowest BCUT2D eigenvalue weighted by Crippen LogP contribution is -2.10. The van der Waals surface area contributed by atoms with Crippen LogP contribution in [-0.4, -0.2) is 37.4 Å². The first-order valence-electron chi connectivity index (χ1n) is 7.91. The van der Waals surface area contributed by atoms with Gasteiger partial charge >= 0.3 is 0 Å². The Morgan fingerprint density at radius 2 is 1.69 bits per heavy atom. The lowest BCUT2D eigenvalue weighted by atomic mass is 9.98. The summed E-state index contributed by atoms with van der Waals surface area (Å²) in [6.45, 7) is 6.14. The molecule has 0 aliphatic rings. The van der Waals surface area contributed by atoms with Gasteiger partial charge in [-0.2, -0.15) is 0 Å². The highest BCUT2D eigenvalue weighted by Gasteiger charge is 2.19. The molecule has 1 aromatic heterocycles. The molecule has 1 N–H and O–H groups in total. The fraction of sp³-hybridized carbons (Fsp3) is 0.389. The molecule has 0 aliphatic carbocycles. The zero-order chi connectivity index (χ0) is 19.3. The summed E-state index contributed by atoms with van der Waals surface area (Å²) in [5.74, 6) is 1.24. The average Bonchev–Trinajstić information content (AvgIpc) is 3.07. The summed E-state index contributed by atoms with van der Waals surface area (Å²) in [5.41, 5.74) is 0.634. The van der Waals surface area contributed by atoms with Crippen LogP contribution in [0.1, 0.15) is 31.3 Å². The summed E-state index contributed by atoms with van der Waals surface area (Å²) >= 11 is 1.36. The van der Waals surface area contributed by atoms with Crippen molar-refractivity contribution in [2.45, 2.75) is 26.2 Å². The number of amides is 1. The van der Waals surface area contributed by atoms with Crippen molar-refractivity contribution in [3.63, 3.8) is 0 Å². The first-order valence-corrected chi connectivity index (χ1v) is 8.73. The molecule has 26 heavy (non-hydrogen) atoms. The Morgan fingerprint density at radius 1 is 1.08 bits per heavy atom. The highest BCUT2D eigenvalue weighted by atomic mass is 32.1. The van der Waals surface area contributed by atoms with Crippen LogP contribution in [0.3, 0.4) is 0 Å². The maximum Gasteiger partial charge on any atom is 0.250 e. The molecular weight excluding hydrogens is 354 g/mol. The van der Waals surface area contributed by atoms with Gasteiger partial charge in [0, 0.05) is 11.5 Å². The van der Waals surface area contributed by atoms with E-state index in [1.807, 2.05) is 20.8 Å². The second-order valence-electron chi connectivity index (χ2n) is 6.44. The number of rotatable bonds is 6. The summed E-state index contributed by atoms with van der Waals surface area (Å²) in [6.07, 6.45) is 3.07. The maximum atomic E-state index is 12.1. The van der Waals surface area contributed by atoms with Crippen molar-refractivity contribution in [3.8, 4) is 17.2 Å². The van der Waals surface area contributed by atoms with Crippen molar-refractivity contribution in [2.24, 2.45) is 0 Å². The molecule has 2 rings (SSSR count). The van der Waals surface area contributed by atoms with Crippen LogP contribution in [0.5, 0.6) is 17.2 Å². The van der Waals surface area contributed by atoms with Crippen molar-refractivity contribution < 1.29 is 19.0 Å². The van der Waals surface area contributed by atoms with E-state index in [0.717, 1.165) is 10.6 Å². The van der Waals surface area contributed by atoms with Crippen LogP contribution in [0.4, 0.5) is 5.13 Å². The zero-order valence-corrected chi connectivity index (χ0v) is 16.6. The standard InChI is InChI=1S/C18H23N3O4S/c1-18(2,3)16-20-21-17(26-16)19-14(22)8-7-11-9-12(23-4)15(25-6)13(10-11)24-5/h7-10H,1-6H3,(H,19,21,22). The molecule has 0 unspecified atom stereocenters. The van der Waals surface area contributed by atoms with E-state index in [1.54, 1.807) is 32.4 Å². The van der Waals surface area contributed by atoms with Crippen molar-refractivity contribution >= 4 is 28.5 Å². The molecule has 2 aromatic rings. The Morgan fingerprint density at radius 3 is 2.15 bits per heavy atom. The molecule has 0 spiro atoms. The normalized spacial score (nSPS) is 11.5. The number of benzene rings is 1. The van der Waals surface area contributed by atoms with Gasteiger partial charge in [-0.3, -0.25) is 10.1 Å². The molecule has 0 aliphatic heterocycles. The predicted octanol–water partition coefficient (Wildman–Crippen LogP) is 3.51. The Kier molecular flexibility index (Phi) is 6.20. The van der Waals surface area contributed by atoms with Gasteiger partial charge in [-0.25, -0.2) is 0 Å². The summed E-state index contributed by atoms with van der Waals surface area (Å²) in [4.78, 5) is 12.1. The molecule has 0 saturated carbocycles. The molecule has 8 heteroatoms. The highest BCUT2D eigenvalue weighted by molar-refractivity contribution is 7.15. The molecule has 0 saturated heterocycles. The van der Waals surface area contributed by atoms with Gasteiger partial charge in [0.2, 0.25) is 16.8 Å². The van der Waals surface area contributed by atoms with Gasteiger partial charge in [0.25, 0.3) is 0 Å². The first kappa shape index (κ1) is 19.7. The van der Waals surface area contributed by atoms with Gasteiger partial charge in [-0.15, -0.1) is 10.2 Å². The Labute approximate surface area is 157 Å². The van der Waals surface area contributed by atoms with Crippen LogP contribution >= 0.6 is 11.3 Å².